The number of nitrogens with one attached hydrogen (secondary N) is 1. The molecule has 0 amide bonds. The van der Waals surface area contributed by atoms with Gasteiger partial charge in [-0.1, -0.05) is 0 Å². The summed E-state index contributed by atoms with van der Waals surface area (Å²) >= 11 is 1.03. The van der Waals surface area contributed by atoms with Gasteiger partial charge in [0.25, 0.3) is 0 Å². The van der Waals surface area contributed by atoms with Crippen LogP contribution in [0.15, 0.2) is 30.3 Å². The van der Waals surface area contributed by atoms with Gasteiger partial charge in [0.2, 0.25) is 0 Å². The molecule has 5 atom stereocenters. The molecule has 0 aromatic heterocycles. The van der Waals surface area contributed by atoms with Crippen LogP contribution in [0.25, 0.3) is 0 Å². The van der Waals surface area contributed by atoms with Crippen LogP contribution >= 0.6 is 5.50 Å². The molecule has 1 heterocycles. The van der Waals surface area contributed by atoms with Gasteiger partial charge in [0.05, 0.1) is 0 Å². The summed E-state index contributed by atoms with van der Waals surface area (Å²) in [7, 11) is 0. The van der Waals surface area contributed by atoms with Crippen LogP contribution in [0.4, 0.5) is 0 Å². The molecule has 2 rings (SSSR count). The van der Waals surface area contributed by atoms with E-state index in [0.29, 0.717) is 12.2 Å². The number of esters is 1. The topological polar surface area (TPSA) is 86.3 Å². The van der Waals surface area contributed by atoms with E-state index in [1.165, 1.54) is 0 Å². The van der Waals surface area contributed by atoms with Gasteiger partial charge in [0.15, 0.2) is 0 Å². The van der Waals surface area contributed by atoms with Crippen molar-refractivity contribution in [2.45, 2.75) is 64.6 Å². The van der Waals surface area contributed by atoms with E-state index in [4.69, 9.17) is 18.5 Å². The second-order valence-electron chi connectivity index (χ2n) is 6.82. The Balaban J connectivity index is 2.07. The van der Waals surface area contributed by atoms with Gasteiger partial charge in [0.1, 0.15) is 0 Å². The van der Waals surface area contributed by atoms with Crippen molar-refractivity contribution in [3.63, 3.8) is 0 Å². The van der Waals surface area contributed by atoms with Gasteiger partial charge in [-0.05, 0) is 0 Å². The maximum absolute atomic E-state index is 12.2. The van der Waals surface area contributed by atoms with Crippen LogP contribution in [-0.4, -0.2) is 48.1 Å². The Bertz CT molecular complexity index is 659. The number of aliphatic hydroxyl groups is 1. The predicted octanol–water partition coefficient (Wildman–Crippen LogP) is 2.77. The van der Waals surface area contributed by atoms with E-state index in [-0.39, 0.29) is 24.8 Å². The second kappa shape index (κ2) is 10.3. The summed E-state index contributed by atoms with van der Waals surface area (Å²) in [5.74, 6) is 0.292. The first-order valence-electron chi connectivity index (χ1n) is 8.99. The molecule has 7 nitrogen and oxygen atoms in total. The van der Waals surface area contributed by atoms with Gasteiger partial charge in [-0.2, -0.15) is 0 Å². The average Bonchev–Trinajstić information content (AvgIpc) is 2.91. The molecule has 0 saturated carbocycles. The van der Waals surface area contributed by atoms with E-state index < -0.39 is 23.8 Å². The minimum atomic E-state index is -2.60. The zero-order chi connectivity index (χ0) is 20.0. The number of aliphatic hydroxyl groups excluding tert-OH is 1. The summed E-state index contributed by atoms with van der Waals surface area (Å²) in [5.41, 5.74) is -2.60. The Hall–Kier alpha value is -0.552. The second-order valence-corrected chi connectivity index (χ2v) is 13.7. The molecule has 0 bridgehead atoms. The van der Waals surface area contributed by atoms with Gasteiger partial charge in [0, 0.05) is 0 Å². The van der Waals surface area contributed by atoms with E-state index in [1.807, 2.05) is 37.3 Å². The molecule has 0 unspecified atom stereocenters. The van der Waals surface area contributed by atoms with Gasteiger partial charge in [-0.25, -0.2) is 0 Å². The third-order valence-corrected chi connectivity index (χ3v) is 8.56. The average molecular weight is 569 g/mol. The van der Waals surface area contributed by atoms with E-state index >= 15 is 0 Å². The summed E-state index contributed by atoms with van der Waals surface area (Å²) in [6.07, 6.45) is -0.590. The predicted molar refractivity (Wildman–Crippen MR) is 98.7 cm³/mol. The van der Waals surface area contributed by atoms with Crippen LogP contribution in [0.5, 0.6) is 5.75 Å². The molecule has 1 aliphatic rings. The molecular formula is C18H28NO6PW. The molecule has 0 spiro atoms. The first kappa shape index (κ1) is 22.7. The van der Waals surface area contributed by atoms with Gasteiger partial charge in [-0.3, -0.25) is 0 Å². The molecule has 27 heavy (non-hydrogen) atoms. The van der Waals surface area contributed by atoms with Crippen LogP contribution in [0.1, 0.15) is 34.1 Å². The summed E-state index contributed by atoms with van der Waals surface area (Å²) in [6.45, 7) is 7.45. The molecule has 9 heteroatoms. The molecule has 0 aliphatic carbocycles. The first-order chi connectivity index (χ1) is 12.7. The maximum atomic E-state index is 12.2. The number of rotatable bonds is 9. The van der Waals surface area contributed by atoms with Gasteiger partial charge in [-0.15, -0.1) is 0 Å². The third-order valence-electron chi connectivity index (χ3n) is 3.84. The van der Waals surface area contributed by atoms with E-state index in [1.54, 1.807) is 20.8 Å². The van der Waals surface area contributed by atoms with Crippen molar-refractivity contribution in [1.82, 2.24) is 5.09 Å². The standard InChI is InChI=1S/C18H28NO6P.W/c1-12(2)23-18(21)14(4)19-26(25-15-8-6-5-7-9-15)22-11-17-16(20)10-13(3)24-17;/h5-9,12-14,16-17,19-20H,10-11H2,1-4H3;/t13-,14+,16-,17+,26-;/m0./s1. The van der Waals surface area contributed by atoms with Crippen LogP contribution in [0.2, 0.25) is 0 Å². The number of ether oxygens (including phenoxy) is 2. The van der Waals surface area contributed by atoms with Crippen molar-refractivity contribution >= 4 is 11.5 Å². The fraction of sp³-hybridized carbons (Fsp3) is 0.611. The number of para-hydroxylation sites is 1. The number of carbonyl (C=O) groups is 1. The van der Waals surface area contributed by atoms with Crippen molar-refractivity contribution in [3.05, 3.63) is 30.3 Å². The molecule has 1 fully saturated rings. The number of hydrogen-bond acceptors (Lipinski definition) is 7. The fourth-order valence-corrected chi connectivity index (χ4v) is 7.38. The van der Waals surface area contributed by atoms with Crippen LogP contribution in [-0.2, 0) is 37.6 Å². The summed E-state index contributed by atoms with van der Waals surface area (Å²) in [6, 6.07) is 8.73. The molecule has 1 saturated heterocycles. The van der Waals surface area contributed by atoms with Crippen LogP contribution < -0.4 is 9.61 Å². The van der Waals surface area contributed by atoms with Crippen molar-refractivity contribution < 1.29 is 47.2 Å². The minimum absolute atomic E-state index is 0.00604. The van der Waals surface area contributed by atoms with Crippen molar-refractivity contribution in [3.8, 4) is 5.75 Å². The van der Waals surface area contributed by atoms with Crippen molar-refractivity contribution in [2.24, 2.45) is 0 Å². The Kier molecular flexibility index (Phi) is 8.66. The van der Waals surface area contributed by atoms with Crippen LogP contribution in [0, 0.1) is 0 Å². The molecular weight excluding hydrogens is 541 g/mol. The SMILES string of the molecule is CC(C)OC(=O)[C@@H](C)N[P@@](=[W])(OC[C@H]1O[C@@H](C)C[C@@H]1O)Oc1ccccc1. The number of carbonyl (C=O) groups excluding carboxylic acids is 1. The molecule has 1 aromatic rings. The van der Waals surface area contributed by atoms with Crippen molar-refractivity contribution in [1.29, 1.82) is 0 Å². The van der Waals surface area contributed by atoms with E-state index in [2.05, 4.69) is 5.09 Å². The van der Waals surface area contributed by atoms with E-state index in [9.17, 15) is 9.90 Å². The molecule has 1 aliphatic heterocycles. The normalized spacial score (nSPS) is 25.8. The van der Waals surface area contributed by atoms with Crippen LogP contribution in [0.3, 0.4) is 0 Å². The van der Waals surface area contributed by atoms with Gasteiger partial charge < -0.3 is 0 Å². The Morgan fingerprint density at radius 3 is 2.59 bits per heavy atom. The first-order valence-corrected chi connectivity index (χ1v) is 14.5. The summed E-state index contributed by atoms with van der Waals surface area (Å²) in [4.78, 5) is 12.2. The Morgan fingerprint density at radius 2 is 2.04 bits per heavy atom. The molecule has 2 N–H and O–H groups in total. The zero-order valence-electron chi connectivity index (χ0n) is 16.0. The number of hydrogen-bond donors (Lipinski definition) is 2. The summed E-state index contributed by atoms with van der Waals surface area (Å²) in [5, 5.41) is 13.3. The Labute approximate surface area is 171 Å². The summed E-state index contributed by atoms with van der Waals surface area (Å²) < 4.78 is 23.2. The quantitative estimate of drug-likeness (QED) is 0.350. The molecule has 1 aromatic carbocycles. The third kappa shape index (κ3) is 7.41. The number of benzene rings is 1. The molecule has 0 radical (unpaired) electrons. The monoisotopic (exact) mass is 569 g/mol. The molecule has 152 valence electrons. The van der Waals surface area contributed by atoms with E-state index in [0.717, 1.165) is 18.8 Å². The van der Waals surface area contributed by atoms with Crippen molar-refractivity contribution in [2.75, 3.05) is 6.61 Å². The Morgan fingerprint density at radius 1 is 1.37 bits per heavy atom. The van der Waals surface area contributed by atoms with Gasteiger partial charge >= 0.3 is 171 Å². The zero-order valence-corrected chi connectivity index (χ0v) is 19.9. The fourth-order valence-electron chi connectivity index (χ4n) is 2.59.